The van der Waals surface area contributed by atoms with Gasteiger partial charge in [0.05, 0.1) is 6.10 Å². The predicted octanol–water partition coefficient (Wildman–Crippen LogP) is 2.04. The van der Waals surface area contributed by atoms with Gasteiger partial charge in [-0.3, -0.25) is 4.79 Å². The van der Waals surface area contributed by atoms with E-state index >= 15 is 0 Å². The van der Waals surface area contributed by atoms with Gasteiger partial charge in [0, 0.05) is 38.5 Å². The van der Waals surface area contributed by atoms with Crippen molar-refractivity contribution in [1.82, 2.24) is 10.2 Å². The molecule has 6 heteroatoms. The summed E-state index contributed by atoms with van der Waals surface area (Å²) in [5.41, 5.74) is 2.28. The van der Waals surface area contributed by atoms with Crippen LogP contribution in [0.1, 0.15) is 32.3 Å². The number of amides is 1. The molecule has 1 aromatic rings. The van der Waals surface area contributed by atoms with Gasteiger partial charge >= 0.3 is 0 Å². The van der Waals surface area contributed by atoms with Crippen LogP contribution in [0, 0.1) is 0 Å². The summed E-state index contributed by atoms with van der Waals surface area (Å²) in [7, 11) is 0. The second kappa shape index (κ2) is 9.03. The summed E-state index contributed by atoms with van der Waals surface area (Å²) >= 11 is 0. The highest BCUT2D eigenvalue weighted by Gasteiger charge is 2.25. The van der Waals surface area contributed by atoms with Crippen molar-refractivity contribution in [1.29, 1.82) is 0 Å². The average molecular weight is 358 g/mol. The monoisotopic (exact) mass is 358 g/mol. The zero-order valence-electron chi connectivity index (χ0n) is 15.9. The minimum absolute atomic E-state index is 0.0644. The fourth-order valence-corrected chi connectivity index (χ4v) is 3.72. The van der Waals surface area contributed by atoms with Gasteiger partial charge in [-0.1, -0.05) is 18.2 Å². The lowest BCUT2D eigenvalue weighted by atomic mass is 10.1. The van der Waals surface area contributed by atoms with Gasteiger partial charge in [-0.15, -0.1) is 0 Å². The highest BCUT2D eigenvalue weighted by atomic mass is 16.5. The summed E-state index contributed by atoms with van der Waals surface area (Å²) in [6.07, 6.45) is 3.29. The molecule has 0 radical (unpaired) electrons. The first-order valence-electron chi connectivity index (χ1n) is 9.76. The molecule has 6 nitrogen and oxygen atoms in total. The molecule has 3 rings (SSSR count). The molecule has 0 bridgehead atoms. The van der Waals surface area contributed by atoms with Crippen LogP contribution in [0.25, 0.3) is 0 Å². The molecular weight excluding hydrogens is 328 g/mol. The van der Waals surface area contributed by atoms with Crippen molar-refractivity contribution < 1.29 is 9.53 Å². The molecular formula is C20H30N4O2. The number of hydrogen-bond donors (Lipinski definition) is 1. The second-order valence-electron chi connectivity index (χ2n) is 6.74. The number of para-hydroxylation sites is 1. The number of carbonyl (C=O) groups is 1. The van der Waals surface area contributed by atoms with E-state index in [-0.39, 0.29) is 12.5 Å². The molecule has 0 aliphatic carbocycles. The molecule has 26 heavy (non-hydrogen) atoms. The minimum Gasteiger partial charge on any atom is -0.378 e. The molecule has 2 heterocycles. The molecule has 0 unspecified atom stereocenters. The first-order valence-corrected chi connectivity index (χ1v) is 9.76. The fourth-order valence-electron chi connectivity index (χ4n) is 3.72. The summed E-state index contributed by atoms with van der Waals surface area (Å²) in [6, 6.07) is 8.13. The number of carbonyl (C=O) groups excluding carboxylic acids is 1. The van der Waals surface area contributed by atoms with E-state index in [4.69, 9.17) is 4.74 Å². The number of piperidine rings is 1. The van der Waals surface area contributed by atoms with Crippen LogP contribution in [-0.2, 0) is 16.0 Å². The molecule has 0 atom stereocenters. The van der Waals surface area contributed by atoms with Gasteiger partial charge in [-0.05, 0) is 44.7 Å². The Labute approximate surface area is 156 Å². The van der Waals surface area contributed by atoms with Gasteiger partial charge in [0.1, 0.15) is 6.54 Å². The second-order valence-corrected chi connectivity index (χ2v) is 6.74. The number of guanidine groups is 1. The first-order chi connectivity index (χ1) is 12.7. The van der Waals surface area contributed by atoms with Gasteiger partial charge in [-0.25, -0.2) is 4.99 Å². The van der Waals surface area contributed by atoms with Crippen LogP contribution in [0.15, 0.2) is 29.3 Å². The topological polar surface area (TPSA) is 57.2 Å². The molecule has 1 fully saturated rings. The molecule has 2 aliphatic rings. The first kappa shape index (κ1) is 18.7. The molecule has 1 aromatic carbocycles. The number of benzene rings is 1. The fraction of sp³-hybridized carbons (Fsp3) is 0.600. The summed E-state index contributed by atoms with van der Waals surface area (Å²) in [6.45, 7) is 8.43. The zero-order valence-corrected chi connectivity index (χ0v) is 15.9. The minimum atomic E-state index is 0.0644. The van der Waals surface area contributed by atoms with Gasteiger partial charge in [0.25, 0.3) is 0 Å². The van der Waals surface area contributed by atoms with E-state index in [1.54, 1.807) is 0 Å². The summed E-state index contributed by atoms with van der Waals surface area (Å²) in [5, 5.41) is 3.33. The third kappa shape index (κ3) is 4.36. The van der Waals surface area contributed by atoms with Gasteiger partial charge in [-0.2, -0.15) is 0 Å². The zero-order chi connectivity index (χ0) is 18.4. The third-order valence-corrected chi connectivity index (χ3v) is 5.03. The number of likely N-dealkylation sites (tertiary alicyclic amines) is 1. The lowest BCUT2D eigenvalue weighted by molar-refractivity contribution is -0.117. The number of rotatable bonds is 5. The standard InChI is InChI=1S/C20H30N4O2/c1-3-21-20(23-12-10-17(11-13-23)26-4-2)22-15-19(25)24-14-9-16-7-5-6-8-18(16)24/h5-8,17H,3-4,9-15H2,1-2H3,(H,21,22). The summed E-state index contributed by atoms with van der Waals surface area (Å²) < 4.78 is 5.72. The number of aliphatic imine (C=N–C) groups is 1. The van der Waals surface area contributed by atoms with Crippen LogP contribution < -0.4 is 10.2 Å². The number of nitrogens with one attached hydrogen (secondary N) is 1. The quantitative estimate of drug-likeness (QED) is 0.646. The van der Waals surface area contributed by atoms with Crippen LogP contribution >= 0.6 is 0 Å². The average Bonchev–Trinajstić information content (AvgIpc) is 3.10. The van der Waals surface area contributed by atoms with Crippen molar-refractivity contribution in [3.8, 4) is 0 Å². The third-order valence-electron chi connectivity index (χ3n) is 5.03. The molecule has 2 aliphatic heterocycles. The van der Waals surface area contributed by atoms with Crippen molar-refractivity contribution >= 4 is 17.6 Å². The van der Waals surface area contributed by atoms with Gasteiger partial charge < -0.3 is 19.9 Å². The number of anilines is 1. The summed E-state index contributed by atoms with van der Waals surface area (Å²) in [4.78, 5) is 21.4. The van der Waals surface area contributed by atoms with Gasteiger partial charge in [0.2, 0.25) is 5.91 Å². The molecule has 0 saturated carbocycles. The Hall–Kier alpha value is -2.08. The maximum Gasteiger partial charge on any atom is 0.248 e. The number of ether oxygens (including phenoxy) is 1. The highest BCUT2D eigenvalue weighted by molar-refractivity contribution is 5.98. The Morgan fingerprint density at radius 2 is 2.00 bits per heavy atom. The van der Waals surface area contributed by atoms with Crippen molar-refractivity contribution in [3.05, 3.63) is 29.8 Å². The molecule has 0 aromatic heterocycles. The Morgan fingerprint density at radius 3 is 2.73 bits per heavy atom. The van der Waals surface area contributed by atoms with Crippen LogP contribution in [-0.4, -0.2) is 62.2 Å². The van der Waals surface area contributed by atoms with Gasteiger partial charge in [0.15, 0.2) is 5.96 Å². The van der Waals surface area contributed by atoms with E-state index in [1.807, 2.05) is 30.0 Å². The Balaban J connectivity index is 1.60. The van der Waals surface area contributed by atoms with Crippen LogP contribution in [0.2, 0.25) is 0 Å². The lowest BCUT2D eigenvalue weighted by Gasteiger charge is -2.34. The lowest BCUT2D eigenvalue weighted by Crippen LogP contribution is -2.47. The molecule has 1 N–H and O–H groups in total. The molecule has 0 spiro atoms. The predicted molar refractivity (Wildman–Crippen MR) is 105 cm³/mol. The van der Waals surface area contributed by atoms with Crippen LogP contribution in [0.3, 0.4) is 0 Å². The number of hydrogen-bond acceptors (Lipinski definition) is 3. The van der Waals surface area contributed by atoms with Crippen LogP contribution in [0.4, 0.5) is 5.69 Å². The van der Waals surface area contributed by atoms with Crippen LogP contribution in [0.5, 0.6) is 0 Å². The van der Waals surface area contributed by atoms with Crippen molar-refractivity contribution in [2.24, 2.45) is 4.99 Å². The molecule has 142 valence electrons. The largest absolute Gasteiger partial charge is 0.378 e. The Bertz CT molecular complexity index is 638. The van der Waals surface area contributed by atoms with E-state index in [0.29, 0.717) is 6.10 Å². The Kier molecular flexibility index (Phi) is 6.50. The van der Waals surface area contributed by atoms with E-state index in [0.717, 1.165) is 63.7 Å². The summed E-state index contributed by atoms with van der Waals surface area (Å²) in [5.74, 6) is 0.901. The van der Waals surface area contributed by atoms with E-state index in [9.17, 15) is 4.79 Å². The number of fused-ring (bicyclic) bond motifs is 1. The normalized spacial score (nSPS) is 18.2. The number of nitrogens with zero attached hydrogens (tertiary/aromatic N) is 3. The van der Waals surface area contributed by atoms with Crippen molar-refractivity contribution in [2.75, 3.05) is 44.2 Å². The maximum atomic E-state index is 12.7. The van der Waals surface area contributed by atoms with E-state index in [2.05, 4.69) is 28.2 Å². The van der Waals surface area contributed by atoms with E-state index in [1.165, 1.54) is 5.56 Å². The van der Waals surface area contributed by atoms with Crippen molar-refractivity contribution in [3.63, 3.8) is 0 Å². The highest BCUT2D eigenvalue weighted by Crippen LogP contribution is 2.27. The SMILES string of the molecule is CCNC(=NCC(=O)N1CCc2ccccc21)N1CCC(OCC)CC1. The molecule has 1 amide bonds. The Morgan fingerprint density at radius 1 is 1.23 bits per heavy atom. The smallest absolute Gasteiger partial charge is 0.248 e. The van der Waals surface area contributed by atoms with E-state index < -0.39 is 0 Å². The molecule has 1 saturated heterocycles. The van der Waals surface area contributed by atoms with Crippen molar-refractivity contribution in [2.45, 2.75) is 39.2 Å². The maximum absolute atomic E-state index is 12.7.